The molecule has 2 aromatic rings. The molecule has 1 aromatic carbocycles. The molecule has 120 valence electrons. The van der Waals surface area contributed by atoms with E-state index in [0.29, 0.717) is 0 Å². The molecule has 3 nitrogen and oxygen atoms in total. The molecule has 0 aliphatic heterocycles. The Kier molecular flexibility index (Phi) is 4.07. The second kappa shape index (κ2) is 6.02. The van der Waals surface area contributed by atoms with E-state index in [0.717, 1.165) is 24.5 Å². The van der Waals surface area contributed by atoms with Crippen LogP contribution in [-0.2, 0) is 17.4 Å². The molecule has 1 amide bonds. The lowest BCUT2D eigenvalue weighted by atomic mass is 9.97. The molecule has 1 aliphatic carbocycles. The van der Waals surface area contributed by atoms with Gasteiger partial charge in [0.2, 0.25) is 5.91 Å². The molecule has 0 fully saturated rings. The molecule has 23 heavy (non-hydrogen) atoms. The number of alkyl halides is 3. The molecule has 0 spiro atoms. The molecular weight excluding hydrogens is 305 g/mol. The Hall–Kier alpha value is -2.37. The van der Waals surface area contributed by atoms with Crippen molar-refractivity contribution in [2.24, 2.45) is 0 Å². The van der Waals surface area contributed by atoms with Crippen LogP contribution in [0.3, 0.4) is 0 Å². The highest BCUT2D eigenvalue weighted by atomic mass is 19.4. The first-order chi connectivity index (χ1) is 10.9. The Morgan fingerprint density at radius 3 is 2.74 bits per heavy atom. The smallest absolute Gasteiger partial charge is 0.311 e. The topological polar surface area (TPSA) is 42.0 Å². The monoisotopic (exact) mass is 320 g/mol. The summed E-state index contributed by atoms with van der Waals surface area (Å²) in [6, 6.07) is 11.4. The predicted molar refractivity (Wildman–Crippen MR) is 80.0 cm³/mol. The van der Waals surface area contributed by atoms with Gasteiger partial charge in [-0.3, -0.25) is 4.79 Å². The van der Waals surface area contributed by atoms with Crippen LogP contribution >= 0.6 is 0 Å². The van der Waals surface area contributed by atoms with E-state index in [9.17, 15) is 18.0 Å². The largest absolute Gasteiger partial charge is 0.433 e. The van der Waals surface area contributed by atoms with Gasteiger partial charge >= 0.3 is 6.18 Å². The van der Waals surface area contributed by atoms with Gasteiger partial charge in [0.25, 0.3) is 0 Å². The lowest BCUT2D eigenvalue weighted by Gasteiger charge is -2.12. The molecule has 0 radical (unpaired) electrons. The number of nitrogens with one attached hydrogen (secondary N) is 1. The van der Waals surface area contributed by atoms with E-state index in [1.165, 1.54) is 17.7 Å². The average molecular weight is 320 g/mol. The summed E-state index contributed by atoms with van der Waals surface area (Å²) < 4.78 is 37.9. The van der Waals surface area contributed by atoms with Crippen molar-refractivity contribution in [1.29, 1.82) is 0 Å². The second-order valence-corrected chi connectivity index (χ2v) is 5.59. The van der Waals surface area contributed by atoms with Gasteiger partial charge in [0.1, 0.15) is 11.5 Å². The summed E-state index contributed by atoms with van der Waals surface area (Å²) in [4.78, 5) is 15.6. The van der Waals surface area contributed by atoms with Crippen molar-refractivity contribution in [2.75, 3.05) is 5.32 Å². The number of halogens is 3. The van der Waals surface area contributed by atoms with Gasteiger partial charge in [0.05, 0.1) is 0 Å². The van der Waals surface area contributed by atoms with E-state index < -0.39 is 11.9 Å². The van der Waals surface area contributed by atoms with E-state index in [2.05, 4.69) is 10.3 Å². The molecule has 0 saturated heterocycles. The standard InChI is InChI=1S/C17H15F3N2O/c18-17(19,20)14-6-3-7-15(21-14)22-16(23)10-12-9-8-11-4-1-2-5-13(11)12/h1-7,12H,8-10H2,(H,21,22,23). The first-order valence-corrected chi connectivity index (χ1v) is 7.35. The quantitative estimate of drug-likeness (QED) is 0.923. The molecule has 3 rings (SSSR count). The molecule has 1 atom stereocenters. The predicted octanol–water partition coefficient (Wildman–Crippen LogP) is 4.16. The fourth-order valence-electron chi connectivity index (χ4n) is 2.94. The van der Waals surface area contributed by atoms with Crippen LogP contribution in [0.4, 0.5) is 19.0 Å². The fraction of sp³-hybridized carbons (Fsp3) is 0.294. The third kappa shape index (κ3) is 3.52. The van der Waals surface area contributed by atoms with Crippen LogP contribution < -0.4 is 5.32 Å². The third-order valence-corrected chi connectivity index (χ3v) is 4.00. The summed E-state index contributed by atoms with van der Waals surface area (Å²) in [5.41, 5.74) is 1.38. The van der Waals surface area contributed by atoms with Gasteiger partial charge in [-0.05, 0) is 42.0 Å². The number of benzene rings is 1. The first kappa shape index (κ1) is 15.5. The fourth-order valence-corrected chi connectivity index (χ4v) is 2.94. The van der Waals surface area contributed by atoms with E-state index >= 15 is 0 Å². The van der Waals surface area contributed by atoms with Gasteiger partial charge in [0.15, 0.2) is 0 Å². The minimum atomic E-state index is -4.52. The van der Waals surface area contributed by atoms with Crippen molar-refractivity contribution in [3.63, 3.8) is 0 Å². The summed E-state index contributed by atoms with van der Waals surface area (Å²) in [5, 5.41) is 2.46. The zero-order chi connectivity index (χ0) is 16.4. The number of anilines is 1. The summed E-state index contributed by atoms with van der Waals surface area (Å²) in [7, 11) is 0. The van der Waals surface area contributed by atoms with Crippen LogP contribution in [0.15, 0.2) is 42.5 Å². The number of carbonyl (C=O) groups is 1. The number of hydrogen-bond acceptors (Lipinski definition) is 2. The molecule has 0 bridgehead atoms. The summed E-state index contributed by atoms with van der Waals surface area (Å²) in [6.07, 6.45) is -2.47. The number of carbonyl (C=O) groups excluding carboxylic acids is 1. The van der Waals surface area contributed by atoms with Crippen molar-refractivity contribution in [3.8, 4) is 0 Å². The average Bonchev–Trinajstić information content (AvgIpc) is 2.90. The van der Waals surface area contributed by atoms with Gasteiger partial charge < -0.3 is 5.32 Å². The number of aromatic nitrogens is 1. The summed E-state index contributed by atoms with van der Waals surface area (Å²) in [5.74, 6) is -0.286. The van der Waals surface area contributed by atoms with Crippen LogP contribution in [0.25, 0.3) is 0 Å². The Morgan fingerprint density at radius 2 is 1.96 bits per heavy atom. The highest BCUT2D eigenvalue weighted by molar-refractivity contribution is 5.90. The molecule has 1 heterocycles. The van der Waals surface area contributed by atoms with Crippen LogP contribution in [0.2, 0.25) is 0 Å². The number of amides is 1. The molecule has 1 N–H and O–H groups in total. The van der Waals surface area contributed by atoms with Gasteiger partial charge in [-0.25, -0.2) is 4.98 Å². The number of pyridine rings is 1. The maximum absolute atomic E-state index is 12.6. The number of nitrogens with zero attached hydrogens (tertiary/aromatic N) is 1. The zero-order valence-corrected chi connectivity index (χ0v) is 12.2. The third-order valence-electron chi connectivity index (χ3n) is 4.00. The molecule has 0 saturated carbocycles. The Labute approximate surface area is 131 Å². The van der Waals surface area contributed by atoms with Gasteiger partial charge in [-0.1, -0.05) is 30.3 Å². The van der Waals surface area contributed by atoms with E-state index in [1.807, 2.05) is 24.3 Å². The highest BCUT2D eigenvalue weighted by Gasteiger charge is 2.32. The van der Waals surface area contributed by atoms with Crippen molar-refractivity contribution in [3.05, 3.63) is 59.3 Å². The molecular formula is C17H15F3N2O. The van der Waals surface area contributed by atoms with Crippen LogP contribution in [0.1, 0.15) is 35.6 Å². The van der Waals surface area contributed by atoms with Crippen LogP contribution in [-0.4, -0.2) is 10.9 Å². The maximum Gasteiger partial charge on any atom is 0.433 e. The highest BCUT2D eigenvalue weighted by Crippen LogP contribution is 2.35. The van der Waals surface area contributed by atoms with Crippen molar-refractivity contribution in [1.82, 2.24) is 4.98 Å². The zero-order valence-electron chi connectivity index (χ0n) is 12.2. The molecule has 1 aromatic heterocycles. The lowest BCUT2D eigenvalue weighted by Crippen LogP contribution is -2.17. The van der Waals surface area contributed by atoms with Crippen molar-refractivity contribution in [2.45, 2.75) is 31.4 Å². The van der Waals surface area contributed by atoms with Crippen LogP contribution in [0.5, 0.6) is 0 Å². The Morgan fingerprint density at radius 1 is 1.17 bits per heavy atom. The van der Waals surface area contributed by atoms with Gasteiger partial charge in [-0.15, -0.1) is 0 Å². The lowest BCUT2D eigenvalue weighted by molar-refractivity contribution is -0.141. The normalized spacial score (nSPS) is 16.9. The minimum Gasteiger partial charge on any atom is -0.311 e. The Bertz CT molecular complexity index is 728. The van der Waals surface area contributed by atoms with Gasteiger partial charge in [0, 0.05) is 6.42 Å². The van der Waals surface area contributed by atoms with E-state index in [4.69, 9.17) is 0 Å². The summed E-state index contributed by atoms with van der Waals surface area (Å²) in [6.45, 7) is 0. The molecule has 6 heteroatoms. The number of hydrogen-bond donors (Lipinski definition) is 1. The number of aryl methyl sites for hydroxylation is 1. The van der Waals surface area contributed by atoms with E-state index in [1.54, 1.807) is 0 Å². The molecule has 1 unspecified atom stereocenters. The summed E-state index contributed by atoms with van der Waals surface area (Å²) >= 11 is 0. The Balaban J connectivity index is 1.67. The number of fused-ring (bicyclic) bond motifs is 1. The maximum atomic E-state index is 12.6. The van der Waals surface area contributed by atoms with Crippen molar-refractivity contribution < 1.29 is 18.0 Å². The molecule has 1 aliphatic rings. The SMILES string of the molecule is O=C(CC1CCc2ccccc21)Nc1cccc(C(F)(F)F)n1. The van der Waals surface area contributed by atoms with Gasteiger partial charge in [-0.2, -0.15) is 13.2 Å². The second-order valence-electron chi connectivity index (χ2n) is 5.59. The van der Waals surface area contributed by atoms with E-state index in [-0.39, 0.29) is 24.1 Å². The van der Waals surface area contributed by atoms with Crippen LogP contribution in [0, 0.1) is 0 Å². The first-order valence-electron chi connectivity index (χ1n) is 7.35. The number of rotatable bonds is 3. The van der Waals surface area contributed by atoms with Crippen molar-refractivity contribution >= 4 is 11.7 Å². The minimum absolute atomic E-state index is 0.0730.